The minimum atomic E-state index is -0.479. The Balaban J connectivity index is 2.48. The van der Waals surface area contributed by atoms with Gasteiger partial charge in [-0.1, -0.05) is 35.4 Å². The molecule has 1 fully saturated rings. The first kappa shape index (κ1) is 11.9. The van der Waals surface area contributed by atoms with Gasteiger partial charge in [0.2, 0.25) is 0 Å². The van der Waals surface area contributed by atoms with Gasteiger partial charge in [-0.3, -0.25) is 4.79 Å². The molecule has 2 heteroatoms. The number of rotatable bonds is 3. The maximum Gasteiger partial charge on any atom is 0.316 e. The van der Waals surface area contributed by atoms with E-state index in [1.54, 1.807) is 0 Å². The van der Waals surface area contributed by atoms with Crippen LogP contribution in [0.4, 0.5) is 0 Å². The Morgan fingerprint density at radius 1 is 1.41 bits per heavy atom. The Morgan fingerprint density at radius 3 is 2.41 bits per heavy atom. The van der Waals surface area contributed by atoms with E-state index in [0.29, 0.717) is 0 Å². The maximum absolute atomic E-state index is 12.0. The average molecular weight is 230 g/mol. The van der Waals surface area contributed by atoms with Gasteiger partial charge in [-0.15, -0.1) is 6.58 Å². The first-order valence-electron chi connectivity index (χ1n) is 5.84. The molecule has 1 aliphatic carbocycles. The molecule has 0 aliphatic heterocycles. The highest BCUT2D eigenvalue weighted by molar-refractivity contribution is 5.88. The van der Waals surface area contributed by atoms with Crippen LogP contribution >= 0.6 is 0 Å². The summed E-state index contributed by atoms with van der Waals surface area (Å²) in [6, 6.07) is 6.26. The third kappa shape index (κ3) is 1.78. The van der Waals surface area contributed by atoms with Gasteiger partial charge in [0.15, 0.2) is 0 Å². The van der Waals surface area contributed by atoms with Gasteiger partial charge >= 0.3 is 5.97 Å². The number of aryl methyl sites for hydroxylation is 2. The highest BCUT2D eigenvalue weighted by atomic mass is 16.5. The van der Waals surface area contributed by atoms with Crippen LogP contribution < -0.4 is 0 Å². The van der Waals surface area contributed by atoms with Gasteiger partial charge < -0.3 is 4.74 Å². The van der Waals surface area contributed by atoms with Gasteiger partial charge in [0.1, 0.15) is 0 Å². The SMILES string of the molecule is C=C[C@H]1C[C@]1(C(=O)OC)c1cc(C)cc(C)c1. The Kier molecular flexibility index (Phi) is 2.82. The van der Waals surface area contributed by atoms with Crippen LogP contribution in [0.5, 0.6) is 0 Å². The molecule has 0 spiro atoms. The molecule has 0 bridgehead atoms. The van der Waals surface area contributed by atoms with Crippen LogP contribution in [0.2, 0.25) is 0 Å². The number of carbonyl (C=O) groups is 1. The van der Waals surface area contributed by atoms with Crippen LogP contribution in [0.1, 0.15) is 23.1 Å². The second-order valence-corrected chi connectivity index (χ2v) is 4.89. The van der Waals surface area contributed by atoms with E-state index in [-0.39, 0.29) is 11.9 Å². The van der Waals surface area contributed by atoms with Crippen LogP contribution in [0.3, 0.4) is 0 Å². The van der Waals surface area contributed by atoms with Crippen molar-refractivity contribution in [1.29, 1.82) is 0 Å². The van der Waals surface area contributed by atoms with Crippen LogP contribution in [-0.4, -0.2) is 13.1 Å². The van der Waals surface area contributed by atoms with E-state index in [2.05, 4.69) is 24.8 Å². The van der Waals surface area contributed by atoms with Crippen LogP contribution in [0.15, 0.2) is 30.9 Å². The quantitative estimate of drug-likeness (QED) is 0.589. The summed E-state index contributed by atoms with van der Waals surface area (Å²) >= 11 is 0. The number of allylic oxidation sites excluding steroid dienone is 1. The van der Waals surface area contributed by atoms with Gasteiger partial charge in [0, 0.05) is 0 Å². The fourth-order valence-electron chi connectivity index (χ4n) is 2.67. The zero-order chi connectivity index (χ0) is 12.6. The molecule has 17 heavy (non-hydrogen) atoms. The maximum atomic E-state index is 12.0. The fourth-order valence-corrected chi connectivity index (χ4v) is 2.67. The summed E-state index contributed by atoms with van der Waals surface area (Å²) in [6.07, 6.45) is 2.67. The summed E-state index contributed by atoms with van der Waals surface area (Å²) < 4.78 is 4.96. The van der Waals surface area contributed by atoms with E-state index in [0.717, 1.165) is 12.0 Å². The molecule has 0 aromatic heterocycles. The molecule has 2 nitrogen and oxygen atoms in total. The zero-order valence-electron chi connectivity index (χ0n) is 10.6. The van der Waals surface area contributed by atoms with Crippen LogP contribution in [-0.2, 0) is 14.9 Å². The number of benzene rings is 1. The van der Waals surface area contributed by atoms with E-state index in [9.17, 15) is 4.79 Å². The zero-order valence-corrected chi connectivity index (χ0v) is 10.6. The van der Waals surface area contributed by atoms with Gasteiger partial charge in [-0.25, -0.2) is 0 Å². The van der Waals surface area contributed by atoms with E-state index >= 15 is 0 Å². The van der Waals surface area contributed by atoms with Crippen LogP contribution in [0.25, 0.3) is 0 Å². The molecule has 2 rings (SSSR count). The largest absolute Gasteiger partial charge is 0.468 e. The molecular weight excluding hydrogens is 212 g/mol. The van der Waals surface area contributed by atoms with Gasteiger partial charge in [-0.2, -0.15) is 0 Å². The summed E-state index contributed by atoms with van der Waals surface area (Å²) in [6.45, 7) is 7.89. The van der Waals surface area contributed by atoms with Crippen LogP contribution in [0, 0.1) is 19.8 Å². The topological polar surface area (TPSA) is 26.3 Å². The van der Waals surface area contributed by atoms with Crippen molar-refractivity contribution in [3.05, 3.63) is 47.5 Å². The Morgan fingerprint density at radius 2 is 2.00 bits per heavy atom. The van der Waals surface area contributed by atoms with Crippen molar-refractivity contribution < 1.29 is 9.53 Å². The molecule has 0 saturated heterocycles. The molecule has 0 radical (unpaired) electrons. The first-order chi connectivity index (χ1) is 8.04. The molecular formula is C15H18O2. The molecule has 2 atom stereocenters. The molecule has 0 heterocycles. The molecule has 0 unspecified atom stereocenters. The predicted octanol–water partition coefficient (Wildman–Crippen LogP) is 2.92. The van der Waals surface area contributed by atoms with E-state index in [1.165, 1.54) is 18.2 Å². The number of methoxy groups -OCH3 is 1. The molecule has 1 aromatic carbocycles. The second kappa shape index (κ2) is 4.02. The first-order valence-corrected chi connectivity index (χ1v) is 5.84. The van der Waals surface area contributed by atoms with Crippen molar-refractivity contribution in [2.45, 2.75) is 25.7 Å². The lowest BCUT2D eigenvalue weighted by Crippen LogP contribution is -2.24. The smallest absolute Gasteiger partial charge is 0.316 e. The number of hydrogen-bond acceptors (Lipinski definition) is 2. The predicted molar refractivity (Wildman–Crippen MR) is 67.9 cm³/mol. The summed E-state index contributed by atoms with van der Waals surface area (Å²) in [5, 5.41) is 0. The molecule has 0 N–H and O–H groups in total. The molecule has 1 aromatic rings. The van der Waals surface area contributed by atoms with Crippen molar-refractivity contribution in [2.75, 3.05) is 7.11 Å². The lowest BCUT2D eigenvalue weighted by atomic mass is 9.90. The average Bonchev–Trinajstić information content (AvgIpc) is 3.02. The number of hydrogen-bond donors (Lipinski definition) is 0. The lowest BCUT2D eigenvalue weighted by Gasteiger charge is -2.16. The highest BCUT2D eigenvalue weighted by Crippen LogP contribution is 2.56. The standard InChI is InChI=1S/C15H18O2/c1-5-12-9-15(12,14(16)17-4)13-7-10(2)6-11(3)8-13/h5-8,12H,1,9H2,2-4H3/t12-,15+/m0/s1. The lowest BCUT2D eigenvalue weighted by molar-refractivity contribution is -0.144. The number of esters is 1. The van der Waals surface area contributed by atoms with Crippen molar-refractivity contribution >= 4 is 5.97 Å². The Bertz CT molecular complexity index is 456. The van der Waals surface area contributed by atoms with Crippen molar-refractivity contribution in [3.63, 3.8) is 0 Å². The van der Waals surface area contributed by atoms with Gasteiger partial charge in [-0.05, 0) is 31.7 Å². The van der Waals surface area contributed by atoms with E-state index < -0.39 is 5.41 Å². The summed E-state index contributed by atoms with van der Waals surface area (Å²) in [4.78, 5) is 12.0. The van der Waals surface area contributed by atoms with Crippen molar-refractivity contribution in [3.8, 4) is 0 Å². The normalized spacial score (nSPS) is 26.4. The molecule has 90 valence electrons. The molecule has 1 saturated carbocycles. The Labute approximate surface area is 102 Å². The summed E-state index contributed by atoms with van der Waals surface area (Å²) in [5.41, 5.74) is 2.94. The van der Waals surface area contributed by atoms with Crippen molar-refractivity contribution in [1.82, 2.24) is 0 Å². The minimum absolute atomic E-state index is 0.146. The number of ether oxygens (including phenoxy) is 1. The Hall–Kier alpha value is -1.57. The third-order valence-corrected chi connectivity index (χ3v) is 3.59. The van der Waals surface area contributed by atoms with Crippen molar-refractivity contribution in [2.24, 2.45) is 5.92 Å². The second-order valence-electron chi connectivity index (χ2n) is 4.89. The minimum Gasteiger partial charge on any atom is -0.468 e. The van der Waals surface area contributed by atoms with Gasteiger partial charge in [0.05, 0.1) is 12.5 Å². The van der Waals surface area contributed by atoms with E-state index in [4.69, 9.17) is 4.74 Å². The highest BCUT2D eigenvalue weighted by Gasteiger charge is 2.60. The fraction of sp³-hybridized carbons (Fsp3) is 0.400. The third-order valence-electron chi connectivity index (χ3n) is 3.59. The number of carbonyl (C=O) groups excluding carboxylic acids is 1. The summed E-state index contributed by atoms with van der Waals surface area (Å²) in [7, 11) is 1.45. The monoisotopic (exact) mass is 230 g/mol. The molecule has 1 aliphatic rings. The van der Waals surface area contributed by atoms with Gasteiger partial charge in [0.25, 0.3) is 0 Å². The summed E-state index contributed by atoms with van der Waals surface area (Å²) in [5.74, 6) is 0.0588. The van der Waals surface area contributed by atoms with E-state index in [1.807, 2.05) is 19.9 Å². The molecule has 0 amide bonds.